The number of hydrazine groups is 1. The van der Waals surface area contributed by atoms with Crippen LogP contribution in [0.25, 0.3) is 0 Å². The highest BCUT2D eigenvalue weighted by atomic mass is 16.5. The molecule has 2 aromatic heterocycles. The van der Waals surface area contributed by atoms with E-state index in [1.165, 1.54) is 0 Å². The van der Waals surface area contributed by atoms with Gasteiger partial charge in [-0.15, -0.1) is 0 Å². The molecular formula is C14H21N5O. The molecule has 1 atom stereocenters. The van der Waals surface area contributed by atoms with Crippen molar-refractivity contribution in [1.82, 2.24) is 20.2 Å². The number of rotatable bonds is 7. The van der Waals surface area contributed by atoms with Crippen molar-refractivity contribution in [3.05, 3.63) is 41.9 Å². The zero-order chi connectivity index (χ0) is 14.4. The lowest BCUT2D eigenvalue weighted by Crippen LogP contribution is -2.31. The summed E-state index contributed by atoms with van der Waals surface area (Å²) in [5.74, 6) is 6.31. The summed E-state index contributed by atoms with van der Waals surface area (Å²) in [6, 6.07) is 5.86. The topological polar surface area (TPSA) is 78.0 Å². The molecule has 0 aromatic carbocycles. The molecule has 0 saturated carbocycles. The number of aryl methyl sites for hydroxylation is 1. The molecule has 3 N–H and O–H groups in total. The van der Waals surface area contributed by atoms with E-state index in [1.807, 2.05) is 35.3 Å². The van der Waals surface area contributed by atoms with E-state index in [0.717, 1.165) is 30.6 Å². The molecule has 0 aliphatic heterocycles. The maximum Gasteiger partial charge on any atom is 0.212 e. The van der Waals surface area contributed by atoms with Crippen LogP contribution in [-0.2, 0) is 13.0 Å². The van der Waals surface area contributed by atoms with Crippen LogP contribution < -0.4 is 16.0 Å². The van der Waals surface area contributed by atoms with Crippen molar-refractivity contribution in [2.24, 2.45) is 5.84 Å². The van der Waals surface area contributed by atoms with E-state index in [1.54, 1.807) is 7.11 Å². The Hall–Kier alpha value is -1.92. The molecule has 0 saturated heterocycles. The zero-order valence-electron chi connectivity index (χ0n) is 11.9. The third kappa shape index (κ3) is 3.34. The lowest BCUT2D eigenvalue weighted by atomic mass is 10.1. The molecule has 6 heteroatoms. The lowest BCUT2D eigenvalue weighted by molar-refractivity contribution is 0.397. The first-order valence-corrected chi connectivity index (χ1v) is 6.75. The van der Waals surface area contributed by atoms with Gasteiger partial charge in [0, 0.05) is 25.0 Å². The van der Waals surface area contributed by atoms with Crippen LogP contribution in [0.2, 0.25) is 0 Å². The summed E-state index contributed by atoms with van der Waals surface area (Å²) < 4.78 is 7.05. The van der Waals surface area contributed by atoms with Gasteiger partial charge < -0.3 is 4.74 Å². The molecule has 0 aliphatic rings. The van der Waals surface area contributed by atoms with Gasteiger partial charge in [-0.2, -0.15) is 5.10 Å². The fourth-order valence-corrected chi connectivity index (χ4v) is 2.17. The van der Waals surface area contributed by atoms with Gasteiger partial charge in [0.05, 0.1) is 18.8 Å². The Balaban J connectivity index is 2.13. The minimum absolute atomic E-state index is 0.0132. The maximum absolute atomic E-state index is 5.70. The predicted molar refractivity (Wildman–Crippen MR) is 77.1 cm³/mol. The van der Waals surface area contributed by atoms with Crippen LogP contribution in [0.4, 0.5) is 0 Å². The fourth-order valence-electron chi connectivity index (χ4n) is 2.17. The van der Waals surface area contributed by atoms with Crippen molar-refractivity contribution in [2.75, 3.05) is 7.11 Å². The monoisotopic (exact) mass is 275 g/mol. The minimum Gasteiger partial charge on any atom is -0.481 e. The van der Waals surface area contributed by atoms with Crippen LogP contribution in [0, 0.1) is 0 Å². The molecule has 0 amide bonds. The van der Waals surface area contributed by atoms with Crippen molar-refractivity contribution in [3.8, 4) is 5.88 Å². The lowest BCUT2D eigenvalue weighted by Gasteiger charge is -2.17. The maximum atomic E-state index is 5.70. The van der Waals surface area contributed by atoms with E-state index in [0.29, 0.717) is 5.88 Å². The number of hydrogen-bond acceptors (Lipinski definition) is 5. The van der Waals surface area contributed by atoms with Crippen molar-refractivity contribution < 1.29 is 4.74 Å². The van der Waals surface area contributed by atoms with Crippen LogP contribution in [0.5, 0.6) is 5.88 Å². The van der Waals surface area contributed by atoms with Gasteiger partial charge in [-0.1, -0.05) is 13.0 Å². The van der Waals surface area contributed by atoms with Crippen molar-refractivity contribution >= 4 is 0 Å². The van der Waals surface area contributed by atoms with Gasteiger partial charge in [0.1, 0.15) is 0 Å². The molecule has 6 nitrogen and oxygen atoms in total. The molecule has 0 bridgehead atoms. The number of methoxy groups -OCH3 is 1. The van der Waals surface area contributed by atoms with Gasteiger partial charge >= 0.3 is 0 Å². The first-order valence-electron chi connectivity index (χ1n) is 6.75. The Morgan fingerprint density at radius 1 is 1.40 bits per heavy atom. The van der Waals surface area contributed by atoms with E-state index in [9.17, 15) is 0 Å². The summed E-state index contributed by atoms with van der Waals surface area (Å²) in [6.45, 7) is 3.02. The summed E-state index contributed by atoms with van der Waals surface area (Å²) in [4.78, 5) is 4.21. The van der Waals surface area contributed by atoms with Gasteiger partial charge in [-0.3, -0.25) is 16.0 Å². The van der Waals surface area contributed by atoms with Gasteiger partial charge in [0.25, 0.3) is 0 Å². The Kier molecular flexibility index (Phi) is 5.09. The number of aromatic nitrogens is 3. The van der Waals surface area contributed by atoms with Crippen LogP contribution in [-0.4, -0.2) is 21.9 Å². The van der Waals surface area contributed by atoms with Gasteiger partial charge in [-0.25, -0.2) is 4.98 Å². The molecule has 2 aromatic rings. The number of nitrogens with zero attached hydrogens (tertiary/aromatic N) is 3. The Morgan fingerprint density at radius 2 is 2.25 bits per heavy atom. The number of ether oxygens (including phenoxy) is 1. The second kappa shape index (κ2) is 7.02. The Bertz CT molecular complexity index is 523. The second-order valence-corrected chi connectivity index (χ2v) is 4.61. The van der Waals surface area contributed by atoms with E-state index in [2.05, 4.69) is 22.4 Å². The average molecular weight is 275 g/mol. The number of nitrogens with two attached hydrogens (primary N) is 1. The highest BCUT2D eigenvalue weighted by Crippen LogP contribution is 2.18. The van der Waals surface area contributed by atoms with Crippen LogP contribution in [0.15, 0.2) is 30.6 Å². The van der Waals surface area contributed by atoms with Crippen LogP contribution >= 0.6 is 0 Å². The molecule has 0 radical (unpaired) electrons. The summed E-state index contributed by atoms with van der Waals surface area (Å²) >= 11 is 0. The molecule has 2 rings (SSSR count). The van der Waals surface area contributed by atoms with Gasteiger partial charge in [0.2, 0.25) is 5.88 Å². The van der Waals surface area contributed by atoms with Crippen molar-refractivity contribution in [1.29, 1.82) is 0 Å². The summed E-state index contributed by atoms with van der Waals surface area (Å²) in [5, 5.41) is 4.33. The van der Waals surface area contributed by atoms with E-state index >= 15 is 0 Å². The SMILES string of the molecule is CCCn1nccc1C(Cc1ccc(OC)nc1)NN. The first-order chi connectivity index (χ1) is 9.78. The van der Waals surface area contributed by atoms with Crippen molar-refractivity contribution in [3.63, 3.8) is 0 Å². The van der Waals surface area contributed by atoms with Gasteiger partial charge in [-0.05, 0) is 24.5 Å². The largest absolute Gasteiger partial charge is 0.481 e. The number of hydrogen-bond donors (Lipinski definition) is 2. The highest BCUT2D eigenvalue weighted by Gasteiger charge is 2.15. The third-order valence-corrected chi connectivity index (χ3v) is 3.19. The van der Waals surface area contributed by atoms with Gasteiger partial charge in [0.15, 0.2) is 0 Å². The summed E-state index contributed by atoms with van der Waals surface area (Å²) in [6.07, 6.45) is 5.41. The van der Waals surface area contributed by atoms with E-state index in [-0.39, 0.29) is 6.04 Å². The first kappa shape index (κ1) is 14.5. The van der Waals surface area contributed by atoms with E-state index in [4.69, 9.17) is 10.6 Å². The minimum atomic E-state index is 0.0132. The third-order valence-electron chi connectivity index (χ3n) is 3.19. The zero-order valence-corrected chi connectivity index (χ0v) is 11.9. The van der Waals surface area contributed by atoms with Crippen LogP contribution in [0.3, 0.4) is 0 Å². The molecular weight excluding hydrogens is 254 g/mol. The normalized spacial score (nSPS) is 12.3. The molecule has 0 spiro atoms. The average Bonchev–Trinajstić information content (AvgIpc) is 2.94. The molecule has 1 unspecified atom stereocenters. The second-order valence-electron chi connectivity index (χ2n) is 4.61. The standard InChI is InChI=1S/C14H21N5O/c1-3-8-19-13(6-7-17-19)12(18-15)9-11-4-5-14(20-2)16-10-11/h4-7,10,12,18H,3,8-9,15H2,1-2H3. The molecule has 2 heterocycles. The Labute approximate surface area is 118 Å². The summed E-state index contributed by atoms with van der Waals surface area (Å²) in [5.41, 5.74) is 5.04. The number of nitrogens with one attached hydrogen (secondary N) is 1. The number of pyridine rings is 1. The molecule has 0 fully saturated rings. The highest BCUT2D eigenvalue weighted by molar-refractivity contribution is 5.20. The van der Waals surface area contributed by atoms with Crippen LogP contribution in [0.1, 0.15) is 30.6 Å². The predicted octanol–water partition coefficient (Wildman–Crippen LogP) is 1.44. The molecule has 108 valence electrons. The quantitative estimate of drug-likeness (QED) is 0.590. The molecule has 0 aliphatic carbocycles. The van der Waals surface area contributed by atoms with E-state index < -0.39 is 0 Å². The van der Waals surface area contributed by atoms with Crippen molar-refractivity contribution in [2.45, 2.75) is 32.4 Å². The molecule has 20 heavy (non-hydrogen) atoms. The fraction of sp³-hybridized carbons (Fsp3) is 0.429. The smallest absolute Gasteiger partial charge is 0.212 e. The Morgan fingerprint density at radius 3 is 2.85 bits per heavy atom. The summed E-state index contributed by atoms with van der Waals surface area (Å²) in [7, 11) is 1.61.